The van der Waals surface area contributed by atoms with Crippen molar-refractivity contribution in [1.82, 2.24) is 0 Å². The fourth-order valence-electron chi connectivity index (χ4n) is 0.987. The molecule has 0 fully saturated rings. The van der Waals surface area contributed by atoms with Crippen molar-refractivity contribution in [3.63, 3.8) is 0 Å². The van der Waals surface area contributed by atoms with Crippen LogP contribution in [0.15, 0.2) is 24.3 Å². The van der Waals surface area contributed by atoms with Gasteiger partial charge in [0, 0.05) is 5.92 Å². The Bertz CT molecular complexity index is 235. The van der Waals surface area contributed by atoms with E-state index in [0.29, 0.717) is 5.56 Å². The molecule has 0 aliphatic rings. The quantitative estimate of drug-likeness (QED) is 0.693. The van der Waals surface area contributed by atoms with Crippen LogP contribution >= 0.6 is 0 Å². The van der Waals surface area contributed by atoms with E-state index in [1.807, 2.05) is 0 Å². The molecule has 0 spiro atoms. The molecule has 0 radical (unpaired) electrons. The minimum absolute atomic E-state index is 0.178. The molecular formula is C9H11FO. The molecule has 11 heavy (non-hydrogen) atoms. The topological polar surface area (TPSA) is 20.2 Å². The first-order valence-electron chi connectivity index (χ1n) is 3.59. The van der Waals surface area contributed by atoms with Crippen LogP contribution in [0.25, 0.3) is 0 Å². The first-order chi connectivity index (χ1) is 5.25. The largest absolute Gasteiger partial charge is 0.508 e. The SMILES string of the molecule is CC(CF)c1ccccc1O. The zero-order valence-electron chi connectivity index (χ0n) is 6.42. The Hall–Kier alpha value is -1.05. The molecule has 0 aliphatic carbocycles. The molecule has 1 aromatic rings. The van der Waals surface area contributed by atoms with Gasteiger partial charge in [-0.05, 0) is 11.6 Å². The number of phenolic OH excluding ortho intramolecular Hbond substituents is 1. The standard InChI is InChI=1S/C9H11FO/c1-7(6-10)8-4-2-3-5-9(8)11/h2-5,7,11H,6H2,1H3. The number of aromatic hydroxyl groups is 1. The summed E-state index contributed by atoms with van der Waals surface area (Å²) < 4.78 is 12.1. The van der Waals surface area contributed by atoms with Gasteiger partial charge in [-0.1, -0.05) is 25.1 Å². The second kappa shape index (κ2) is 3.37. The number of rotatable bonds is 2. The Morgan fingerprint density at radius 1 is 1.45 bits per heavy atom. The van der Waals surface area contributed by atoms with E-state index in [9.17, 15) is 9.50 Å². The summed E-state index contributed by atoms with van der Waals surface area (Å²) in [6.45, 7) is 1.31. The maximum absolute atomic E-state index is 12.1. The number of phenols is 1. The summed E-state index contributed by atoms with van der Waals surface area (Å²) in [5, 5.41) is 9.25. The van der Waals surface area contributed by atoms with E-state index in [1.54, 1.807) is 31.2 Å². The molecular weight excluding hydrogens is 143 g/mol. The van der Waals surface area contributed by atoms with Crippen molar-refractivity contribution in [3.05, 3.63) is 29.8 Å². The Morgan fingerprint density at radius 3 is 2.64 bits per heavy atom. The maximum Gasteiger partial charge on any atom is 0.119 e. The van der Waals surface area contributed by atoms with Crippen LogP contribution in [0.3, 0.4) is 0 Å². The smallest absolute Gasteiger partial charge is 0.119 e. The summed E-state index contributed by atoms with van der Waals surface area (Å²) in [5.74, 6) is -0.0335. The molecule has 0 saturated heterocycles. The van der Waals surface area contributed by atoms with E-state index in [2.05, 4.69) is 0 Å². The van der Waals surface area contributed by atoms with Crippen LogP contribution in [0, 0.1) is 0 Å². The number of hydrogen-bond donors (Lipinski definition) is 1. The Balaban J connectivity index is 2.93. The molecule has 0 heterocycles. The van der Waals surface area contributed by atoms with Crippen molar-refractivity contribution in [2.45, 2.75) is 12.8 Å². The molecule has 0 bridgehead atoms. The predicted molar refractivity (Wildman–Crippen MR) is 42.5 cm³/mol. The summed E-state index contributed by atoms with van der Waals surface area (Å²) in [5.41, 5.74) is 0.676. The van der Waals surface area contributed by atoms with E-state index < -0.39 is 6.67 Å². The van der Waals surface area contributed by atoms with Gasteiger partial charge in [0.1, 0.15) is 5.75 Å². The maximum atomic E-state index is 12.1. The number of benzene rings is 1. The lowest BCUT2D eigenvalue weighted by Crippen LogP contribution is -1.94. The highest BCUT2D eigenvalue weighted by Gasteiger charge is 2.07. The van der Waals surface area contributed by atoms with Crippen molar-refractivity contribution >= 4 is 0 Å². The van der Waals surface area contributed by atoms with Gasteiger partial charge in [0.05, 0.1) is 6.67 Å². The van der Waals surface area contributed by atoms with Crippen molar-refractivity contribution in [2.75, 3.05) is 6.67 Å². The second-order valence-electron chi connectivity index (χ2n) is 2.61. The third-order valence-corrected chi connectivity index (χ3v) is 1.70. The van der Waals surface area contributed by atoms with Gasteiger partial charge in [-0.3, -0.25) is 4.39 Å². The van der Waals surface area contributed by atoms with E-state index >= 15 is 0 Å². The third-order valence-electron chi connectivity index (χ3n) is 1.70. The highest BCUT2D eigenvalue weighted by molar-refractivity contribution is 5.34. The molecule has 0 saturated carbocycles. The zero-order chi connectivity index (χ0) is 8.27. The summed E-state index contributed by atoms with van der Waals surface area (Å²) >= 11 is 0. The summed E-state index contributed by atoms with van der Waals surface area (Å²) in [7, 11) is 0. The fraction of sp³-hybridized carbons (Fsp3) is 0.333. The molecule has 0 amide bonds. The second-order valence-corrected chi connectivity index (χ2v) is 2.61. The van der Waals surface area contributed by atoms with Gasteiger partial charge < -0.3 is 5.11 Å². The minimum Gasteiger partial charge on any atom is -0.508 e. The zero-order valence-corrected chi connectivity index (χ0v) is 6.42. The van der Waals surface area contributed by atoms with Gasteiger partial charge >= 0.3 is 0 Å². The van der Waals surface area contributed by atoms with Gasteiger partial charge in [-0.2, -0.15) is 0 Å². The highest BCUT2D eigenvalue weighted by atomic mass is 19.1. The number of para-hydroxylation sites is 1. The molecule has 1 aromatic carbocycles. The molecule has 60 valence electrons. The van der Waals surface area contributed by atoms with Crippen LogP contribution in [-0.2, 0) is 0 Å². The lowest BCUT2D eigenvalue weighted by atomic mass is 10.0. The fourth-order valence-corrected chi connectivity index (χ4v) is 0.987. The van der Waals surface area contributed by atoms with Crippen LogP contribution < -0.4 is 0 Å². The monoisotopic (exact) mass is 154 g/mol. The Kier molecular flexibility index (Phi) is 2.47. The number of hydrogen-bond acceptors (Lipinski definition) is 1. The summed E-state index contributed by atoms with van der Waals surface area (Å²) in [6.07, 6.45) is 0. The normalized spacial score (nSPS) is 12.9. The van der Waals surface area contributed by atoms with Crippen LogP contribution in [0.4, 0.5) is 4.39 Å². The van der Waals surface area contributed by atoms with Gasteiger partial charge in [-0.15, -0.1) is 0 Å². The van der Waals surface area contributed by atoms with E-state index in [0.717, 1.165) is 0 Å². The van der Waals surface area contributed by atoms with Gasteiger partial charge in [0.15, 0.2) is 0 Å². The Morgan fingerprint density at radius 2 is 2.09 bits per heavy atom. The first kappa shape index (κ1) is 8.05. The number of halogens is 1. The van der Waals surface area contributed by atoms with Crippen LogP contribution in [-0.4, -0.2) is 11.8 Å². The number of alkyl halides is 1. The van der Waals surface area contributed by atoms with Crippen LogP contribution in [0.1, 0.15) is 18.4 Å². The van der Waals surface area contributed by atoms with Gasteiger partial charge in [0.25, 0.3) is 0 Å². The van der Waals surface area contributed by atoms with Crippen molar-refractivity contribution in [3.8, 4) is 5.75 Å². The summed E-state index contributed by atoms with van der Waals surface area (Å²) in [6, 6.07) is 6.83. The van der Waals surface area contributed by atoms with Crippen molar-refractivity contribution in [1.29, 1.82) is 0 Å². The minimum atomic E-state index is -0.433. The average molecular weight is 154 g/mol. The predicted octanol–water partition coefficient (Wildman–Crippen LogP) is 2.47. The van der Waals surface area contributed by atoms with Crippen molar-refractivity contribution in [2.24, 2.45) is 0 Å². The molecule has 1 nitrogen and oxygen atoms in total. The lowest BCUT2D eigenvalue weighted by molar-refractivity contribution is 0.422. The average Bonchev–Trinajstić information content (AvgIpc) is 2.04. The van der Waals surface area contributed by atoms with E-state index in [-0.39, 0.29) is 11.7 Å². The van der Waals surface area contributed by atoms with E-state index in [1.165, 1.54) is 0 Å². The summed E-state index contributed by atoms with van der Waals surface area (Å²) in [4.78, 5) is 0. The Labute approximate surface area is 65.5 Å². The van der Waals surface area contributed by atoms with Gasteiger partial charge in [0.2, 0.25) is 0 Å². The third kappa shape index (κ3) is 1.70. The molecule has 1 unspecified atom stereocenters. The molecule has 0 aliphatic heterocycles. The highest BCUT2D eigenvalue weighted by Crippen LogP contribution is 2.24. The first-order valence-corrected chi connectivity index (χ1v) is 3.59. The van der Waals surface area contributed by atoms with Crippen molar-refractivity contribution < 1.29 is 9.50 Å². The molecule has 1 rings (SSSR count). The van der Waals surface area contributed by atoms with Gasteiger partial charge in [-0.25, -0.2) is 0 Å². The lowest BCUT2D eigenvalue weighted by Gasteiger charge is -2.07. The molecule has 1 N–H and O–H groups in total. The van der Waals surface area contributed by atoms with Crippen LogP contribution in [0.2, 0.25) is 0 Å². The molecule has 0 aromatic heterocycles. The molecule has 1 atom stereocenters. The van der Waals surface area contributed by atoms with E-state index in [4.69, 9.17) is 0 Å². The van der Waals surface area contributed by atoms with Crippen LogP contribution in [0.5, 0.6) is 5.75 Å². The molecule has 2 heteroatoms.